The van der Waals surface area contributed by atoms with E-state index in [1.165, 1.54) is 12.8 Å². The van der Waals surface area contributed by atoms with Gasteiger partial charge in [-0.1, -0.05) is 38.0 Å². The molecule has 0 saturated heterocycles. The number of benzene rings is 1. The molecule has 0 bridgehead atoms. The lowest BCUT2D eigenvalue weighted by Gasteiger charge is -2.10. The second kappa shape index (κ2) is 6.60. The highest BCUT2D eigenvalue weighted by molar-refractivity contribution is 6.18. The van der Waals surface area contributed by atoms with Crippen LogP contribution in [-0.4, -0.2) is 11.6 Å². The van der Waals surface area contributed by atoms with Crippen LogP contribution in [0.3, 0.4) is 0 Å². The van der Waals surface area contributed by atoms with Crippen LogP contribution in [0, 0.1) is 0 Å². The molecule has 2 aromatic rings. The summed E-state index contributed by atoms with van der Waals surface area (Å²) in [7, 11) is 0. The average molecular weight is 264 g/mol. The van der Waals surface area contributed by atoms with Gasteiger partial charge in [-0.25, -0.2) is 4.98 Å². The predicted molar refractivity (Wildman–Crippen MR) is 76.3 cm³/mol. The quantitative estimate of drug-likeness (QED) is 0.564. The van der Waals surface area contributed by atoms with E-state index in [1.54, 1.807) is 0 Å². The molecular weight excluding hydrogens is 246 g/mol. The summed E-state index contributed by atoms with van der Waals surface area (Å²) in [5, 5.41) is 2.18. The maximum absolute atomic E-state index is 5.92. The molecule has 0 saturated carbocycles. The second-order valence-electron chi connectivity index (χ2n) is 4.32. The summed E-state index contributed by atoms with van der Waals surface area (Å²) in [6.07, 6.45) is 5.27. The minimum Gasteiger partial charge on any atom is -0.477 e. The average Bonchev–Trinajstić information content (AvgIpc) is 2.43. The van der Waals surface area contributed by atoms with E-state index in [0.29, 0.717) is 5.88 Å². The van der Waals surface area contributed by atoms with Gasteiger partial charge in [0.1, 0.15) is 0 Å². The molecule has 0 N–H and O–H groups in total. The largest absolute Gasteiger partial charge is 0.477 e. The monoisotopic (exact) mass is 263 g/mol. The fourth-order valence-electron chi connectivity index (χ4n) is 1.97. The SMILES string of the molecule is CCCCCOc1ncc(CCl)c2ccccc12. The number of hydrogen-bond donors (Lipinski definition) is 0. The van der Waals surface area contributed by atoms with Crippen molar-refractivity contribution < 1.29 is 4.74 Å². The van der Waals surface area contributed by atoms with Gasteiger partial charge in [0.05, 0.1) is 6.61 Å². The zero-order valence-electron chi connectivity index (χ0n) is 10.7. The molecule has 0 radical (unpaired) electrons. The van der Waals surface area contributed by atoms with Gasteiger partial charge >= 0.3 is 0 Å². The first kappa shape index (κ1) is 13.2. The smallest absolute Gasteiger partial charge is 0.221 e. The number of unbranched alkanes of at least 4 members (excludes halogenated alkanes) is 2. The number of aromatic nitrogens is 1. The molecule has 0 aliphatic carbocycles. The van der Waals surface area contributed by atoms with E-state index in [-0.39, 0.29) is 0 Å². The highest BCUT2D eigenvalue weighted by atomic mass is 35.5. The van der Waals surface area contributed by atoms with Crippen molar-refractivity contribution >= 4 is 22.4 Å². The number of hydrogen-bond acceptors (Lipinski definition) is 2. The summed E-state index contributed by atoms with van der Waals surface area (Å²) in [5.74, 6) is 1.19. The van der Waals surface area contributed by atoms with Gasteiger partial charge in [0.2, 0.25) is 5.88 Å². The zero-order chi connectivity index (χ0) is 12.8. The van der Waals surface area contributed by atoms with Crippen molar-refractivity contribution in [2.75, 3.05) is 6.61 Å². The van der Waals surface area contributed by atoms with E-state index in [0.717, 1.165) is 35.2 Å². The molecule has 0 spiro atoms. The van der Waals surface area contributed by atoms with Crippen LogP contribution in [0.4, 0.5) is 0 Å². The predicted octanol–water partition coefficient (Wildman–Crippen LogP) is 4.54. The molecule has 0 atom stereocenters. The van der Waals surface area contributed by atoms with Crippen LogP contribution in [0.5, 0.6) is 5.88 Å². The molecule has 0 fully saturated rings. The van der Waals surface area contributed by atoms with Crippen molar-refractivity contribution in [1.29, 1.82) is 0 Å². The molecule has 2 nitrogen and oxygen atoms in total. The number of alkyl halides is 1. The zero-order valence-corrected chi connectivity index (χ0v) is 11.4. The third kappa shape index (κ3) is 2.94. The lowest BCUT2D eigenvalue weighted by Crippen LogP contribution is -2.00. The topological polar surface area (TPSA) is 22.1 Å². The van der Waals surface area contributed by atoms with Gasteiger partial charge in [0.25, 0.3) is 0 Å². The summed E-state index contributed by atoms with van der Waals surface area (Å²) >= 11 is 5.92. The Kier molecular flexibility index (Phi) is 4.82. The normalized spacial score (nSPS) is 10.8. The van der Waals surface area contributed by atoms with E-state index in [4.69, 9.17) is 16.3 Å². The Morgan fingerprint density at radius 3 is 2.67 bits per heavy atom. The Bertz CT molecular complexity index is 513. The van der Waals surface area contributed by atoms with Crippen molar-refractivity contribution in [2.45, 2.75) is 32.1 Å². The second-order valence-corrected chi connectivity index (χ2v) is 4.59. The van der Waals surface area contributed by atoms with Crippen molar-refractivity contribution in [3.63, 3.8) is 0 Å². The maximum atomic E-state index is 5.92. The Morgan fingerprint density at radius 1 is 1.17 bits per heavy atom. The standard InChI is InChI=1S/C15H18ClNO/c1-2-3-6-9-18-15-14-8-5-4-7-13(14)12(10-16)11-17-15/h4-5,7-8,11H,2-3,6,9-10H2,1H3. The van der Waals surface area contributed by atoms with Gasteiger partial charge in [-0.3, -0.25) is 0 Å². The third-order valence-corrected chi connectivity index (χ3v) is 3.26. The van der Waals surface area contributed by atoms with Crippen LogP contribution in [0.25, 0.3) is 10.8 Å². The Hall–Kier alpha value is -1.28. The molecule has 0 amide bonds. The highest BCUT2D eigenvalue weighted by Gasteiger charge is 2.07. The van der Waals surface area contributed by atoms with Gasteiger partial charge in [-0.05, 0) is 23.4 Å². The number of pyridine rings is 1. The lowest BCUT2D eigenvalue weighted by atomic mass is 10.1. The van der Waals surface area contributed by atoms with Gasteiger partial charge in [0, 0.05) is 17.5 Å². The third-order valence-electron chi connectivity index (χ3n) is 2.97. The van der Waals surface area contributed by atoms with Crippen LogP contribution in [0.15, 0.2) is 30.5 Å². The molecule has 96 valence electrons. The first-order valence-corrected chi connectivity index (χ1v) is 6.95. The van der Waals surface area contributed by atoms with E-state index < -0.39 is 0 Å². The summed E-state index contributed by atoms with van der Waals surface area (Å²) in [6, 6.07) is 8.11. The highest BCUT2D eigenvalue weighted by Crippen LogP contribution is 2.27. The maximum Gasteiger partial charge on any atom is 0.221 e. The Morgan fingerprint density at radius 2 is 1.94 bits per heavy atom. The number of rotatable bonds is 6. The van der Waals surface area contributed by atoms with Crippen LogP contribution in [0.2, 0.25) is 0 Å². The first-order valence-electron chi connectivity index (χ1n) is 6.42. The molecule has 3 heteroatoms. The number of nitrogens with zero attached hydrogens (tertiary/aromatic N) is 1. The molecule has 1 heterocycles. The molecule has 2 rings (SSSR count). The van der Waals surface area contributed by atoms with Gasteiger partial charge in [-0.15, -0.1) is 11.6 Å². The van der Waals surface area contributed by atoms with Crippen molar-refractivity contribution in [2.24, 2.45) is 0 Å². The van der Waals surface area contributed by atoms with Crippen molar-refractivity contribution in [1.82, 2.24) is 4.98 Å². The van der Waals surface area contributed by atoms with Crippen LogP contribution >= 0.6 is 11.6 Å². The summed E-state index contributed by atoms with van der Waals surface area (Å²) in [5.41, 5.74) is 1.05. The van der Waals surface area contributed by atoms with Gasteiger partial charge < -0.3 is 4.74 Å². The molecule has 18 heavy (non-hydrogen) atoms. The fourth-order valence-corrected chi connectivity index (χ4v) is 2.18. The first-order chi connectivity index (χ1) is 8.86. The molecular formula is C15H18ClNO. The van der Waals surface area contributed by atoms with Crippen LogP contribution in [-0.2, 0) is 5.88 Å². The van der Waals surface area contributed by atoms with Crippen LogP contribution < -0.4 is 4.74 Å². The molecule has 0 aliphatic rings. The van der Waals surface area contributed by atoms with E-state index in [2.05, 4.69) is 18.0 Å². The van der Waals surface area contributed by atoms with Crippen molar-refractivity contribution in [3.05, 3.63) is 36.0 Å². The van der Waals surface area contributed by atoms with Gasteiger partial charge in [0.15, 0.2) is 0 Å². The van der Waals surface area contributed by atoms with Gasteiger partial charge in [-0.2, -0.15) is 0 Å². The van der Waals surface area contributed by atoms with E-state index in [9.17, 15) is 0 Å². The minimum absolute atomic E-state index is 0.476. The molecule has 1 aromatic heterocycles. The van der Waals surface area contributed by atoms with E-state index >= 15 is 0 Å². The summed E-state index contributed by atoms with van der Waals surface area (Å²) < 4.78 is 5.77. The summed E-state index contributed by atoms with van der Waals surface area (Å²) in [6.45, 7) is 2.91. The van der Waals surface area contributed by atoms with Crippen molar-refractivity contribution in [3.8, 4) is 5.88 Å². The van der Waals surface area contributed by atoms with E-state index in [1.807, 2.05) is 24.4 Å². The molecule has 1 aromatic carbocycles. The molecule has 0 aliphatic heterocycles. The Balaban J connectivity index is 2.23. The molecule has 0 unspecified atom stereocenters. The van der Waals surface area contributed by atoms with Crippen LogP contribution in [0.1, 0.15) is 31.7 Å². The summed E-state index contributed by atoms with van der Waals surface area (Å²) in [4.78, 5) is 4.37. The number of halogens is 1. The minimum atomic E-state index is 0.476. The lowest BCUT2D eigenvalue weighted by molar-refractivity contribution is 0.299. The Labute approximate surface area is 113 Å². The number of fused-ring (bicyclic) bond motifs is 1. The number of ether oxygens (including phenoxy) is 1. The fraction of sp³-hybridized carbons (Fsp3) is 0.400.